The third-order valence-electron chi connectivity index (χ3n) is 3.56. The van der Waals surface area contributed by atoms with E-state index in [9.17, 15) is 22.4 Å². The third-order valence-corrected chi connectivity index (χ3v) is 5.32. The highest BCUT2D eigenvalue weighted by molar-refractivity contribution is 7.92. The zero-order valence-electron chi connectivity index (χ0n) is 11.9. The summed E-state index contributed by atoms with van der Waals surface area (Å²) >= 11 is 0. The molecule has 0 aromatic heterocycles. The van der Waals surface area contributed by atoms with Gasteiger partial charge in [-0.2, -0.15) is 0 Å². The molecule has 118 valence electrons. The smallest absolute Gasteiger partial charge is 0.264 e. The Morgan fingerprint density at radius 1 is 1.00 bits per heavy atom. The molecule has 0 saturated carbocycles. The molecule has 1 aliphatic heterocycles. The minimum Gasteiger partial charge on any atom is -0.288 e. The average Bonchev–Trinajstić information content (AvgIpc) is 2.81. The van der Waals surface area contributed by atoms with Crippen molar-refractivity contribution in [3.63, 3.8) is 0 Å². The lowest BCUT2D eigenvalue weighted by atomic mass is 10.1. The molecule has 0 atom stereocenters. The van der Waals surface area contributed by atoms with Gasteiger partial charge in [0.25, 0.3) is 21.8 Å². The Bertz CT molecular complexity index is 940. The van der Waals surface area contributed by atoms with Crippen molar-refractivity contribution >= 4 is 27.5 Å². The van der Waals surface area contributed by atoms with E-state index < -0.39 is 27.7 Å². The number of fused-ring (bicyclic) bond motifs is 1. The maximum Gasteiger partial charge on any atom is 0.264 e. The number of hydrogen-bond donors (Lipinski definition) is 1. The van der Waals surface area contributed by atoms with Crippen molar-refractivity contribution < 1.29 is 22.4 Å². The molecule has 1 aliphatic rings. The number of carbonyl (C=O) groups excluding carboxylic acids is 2. The van der Waals surface area contributed by atoms with E-state index in [2.05, 4.69) is 5.32 Å². The van der Waals surface area contributed by atoms with Crippen LogP contribution in [0, 0.1) is 5.82 Å². The minimum absolute atomic E-state index is 0.0157. The predicted octanol–water partition coefficient (Wildman–Crippen LogP) is 1.53. The minimum atomic E-state index is -4.07. The molecule has 1 heterocycles. The average molecular weight is 334 g/mol. The number of hydrogen-bond acceptors (Lipinski definition) is 4. The van der Waals surface area contributed by atoms with Crippen LogP contribution in [0.15, 0.2) is 47.4 Å². The number of sulfonamides is 1. The van der Waals surface area contributed by atoms with Crippen molar-refractivity contribution in [3.05, 3.63) is 59.4 Å². The summed E-state index contributed by atoms with van der Waals surface area (Å²) in [6, 6.07) is 9.03. The van der Waals surface area contributed by atoms with Gasteiger partial charge in [-0.15, -0.1) is 0 Å². The van der Waals surface area contributed by atoms with Crippen molar-refractivity contribution in [1.29, 1.82) is 0 Å². The Balaban J connectivity index is 2.08. The number of amides is 2. The second-order valence-corrected chi connectivity index (χ2v) is 6.88. The lowest BCUT2D eigenvalue weighted by Gasteiger charge is -2.20. The van der Waals surface area contributed by atoms with E-state index in [-0.39, 0.29) is 21.7 Å². The van der Waals surface area contributed by atoms with Crippen LogP contribution < -0.4 is 9.62 Å². The largest absolute Gasteiger partial charge is 0.288 e. The van der Waals surface area contributed by atoms with Gasteiger partial charge in [0.2, 0.25) is 0 Å². The van der Waals surface area contributed by atoms with E-state index in [1.807, 2.05) is 0 Å². The van der Waals surface area contributed by atoms with Gasteiger partial charge in [0.15, 0.2) is 0 Å². The number of imide groups is 1. The molecule has 0 radical (unpaired) electrons. The Hall–Kier alpha value is -2.74. The van der Waals surface area contributed by atoms with E-state index in [4.69, 9.17) is 0 Å². The van der Waals surface area contributed by atoms with Crippen LogP contribution in [0.25, 0.3) is 0 Å². The zero-order valence-corrected chi connectivity index (χ0v) is 12.7. The highest BCUT2D eigenvalue weighted by Crippen LogP contribution is 2.27. The van der Waals surface area contributed by atoms with Crippen LogP contribution in [-0.4, -0.2) is 27.3 Å². The first-order valence-corrected chi connectivity index (χ1v) is 7.99. The first-order valence-electron chi connectivity index (χ1n) is 6.55. The monoisotopic (exact) mass is 334 g/mol. The molecule has 3 rings (SSSR count). The number of anilines is 1. The van der Waals surface area contributed by atoms with E-state index in [0.717, 1.165) is 16.4 Å². The molecule has 8 heteroatoms. The normalized spacial score (nSPS) is 13.7. The summed E-state index contributed by atoms with van der Waals surface area (Å²) in [6.45, 7) is 0. The van der Waals surface area contributed by atoms with Crippen LogP contribution in [0.2, 0.25) is 0 Å². The highest BCUT2D eigenvalue weighted by Gasteiger charge is 2.30. The van der Waals surface area contributed by atoms with Gasteiger partial charge in [-0.05, 0) is 30.3 Å². The number of benzene rings is 2. The Morgan fingerprint density at radius 3 is 2.35 bits per heavy atom. The second-order valence-electron chi connectivity index (χ2n) is 4.91. The number of carbonyl (C=O) groups is 2. The summed E-state index contributed by atoms with van der Waals surface area (Å²) in [5.74, 6) is -1.92. The maximum absolute atomic E-state index is 13.8. The number of halogens is 1. The van der Waals surface area contributed by atoms with E-state index in [1.165, 1.54) is 37.4 Å². The molecule has 0 unspecified atom stereocenters. The van der Waals surface area contributed by atoms with Crippen LogP contribution in [-0.2, 0) is 10.0 Å². The number of nitrogens with one attached hydrogen (secondary N) is 1. The lowest BCUT2D eigenvalue weighted by Crippen LogP contribution is -2.27. The van der Waals surface area contributed by atoms with Crippen molar-refractivity contribution in [2.45, 2.75) is 4.90 Å². The van der Waals surface area contributed by atoms with E-state index >= 15 is 0 Å². The Kier molecular flexibility index (Phi) is 3.41. The summed E-state index contributed by atoms with van der Waals surface area (Å²) in [6.07, 6.45) is 0. The first-order chi connectivity index (χ1) is 10.8. The maximum atomic E-state index is 13.8. The highest BCUT2D eigenvalue weighted by atomic mass is 32.2. The molecule has 2 amide bonds. The van der Waals surface area contributed by atoms with Gasteiger partial charge in [-0.1, -0.05) is 12.1 Å². The van der Waals surface area contributed by atoms with Gasteiger partial charge in [-0.25, -0.2) is 12.8 Å². The predicted molar refractivity (Wildman–Crippen MR) is 80.2 cm³/mol. The van der Waals surface area contributed by atoms with Gasteiger partial charge in [-0.3, -0.25) is 19.2 Å². The fourth-order valence-corrected chi connectivity index (χ4v) is 3.53. The van der Waals surface area contributed by atoms with Crippen molar-refractivity contribution in [3.8, 4) is 0 Å². The number of nitrogens with zero attached hydrogens (tertiary/aromatic N) is 1. The quantitative estimate of drug-likeness (QED) is 0.863. The fourth-order valence-electron chi connectivity index (χ4n) is 2.30. The number of rotatable bonds is 3. The topological polar surface area (TPSA) is 83.6 Å². The van der Waals surface area contributed by atoms with Gasteiger partial charge in [0, 0.05) is 7.05 Å². The summed E-state index contributed by atoms with van der Waals surface area (Å²) in [5, 5.41) is 2.08. The molecule has 1 N–H and O–H groups in total. The summed E-state index contributed by atoms with van der Waals surface area (Å²) in [7, 11) is -2.86. The molecular formula is C15H11FN2O4S. The molecule has 23 heavy (non-hydrogen) atoms. The molecule has 2 aromatic carbocycles. The summed E-state index contributed by atoms with van der Waals surface area (Å²) in [5.41, 5.74) is -0.0194. The summed E-state index contributed by atoms with van der Waals surface area (Å²) in [4.78, 5) is 22.9. The Morgan fingerprint density at radius 2 is 1.65 bits per heavy atom. The molecule has 0 saturated heterocycles. The molecule has 0 fully saturated rings. The van der Waals surface area contributed by atoms with Crippen molar-refractivity contribution in [1.82, 2.24) is 5.32 Å². The van der Waals surface area contributed by atoms with Gasteiger partial charge >= 0.3 is 0 Å². The fraction of sp³-hybridized carbons (Fsp3) is 0.0667. The third kappa shape index (κ3) is 2.36. The standard InChI is InChI=1S/C15H11FN2O4S/c1-18(13-5-3-2-4-12(13)16)23(21,22)9-6-7-10-11(8-9)15(20)17-14(10)19/h2-8H,1H3,(H,17,19,20). The van der Waals surface area contributed by atoms with Crippen LogP contribution >= 0.6 is 0 Å². The lowest BCUT2D eigenvalue weighted by molar-refractivity contribution is 0.0879. The van der Waals surface area contributed by atoms with Crippen molar-refractivity contribution in [2.75, 3.05) is 11.4 Å². The van der Waals surface area contributed by atoms with Gasteiger partial charge < -0.3 is 0 Å². The van der Waals surface area contributed by atoms with Crippen LogP contribution in [0.5, 0.6) is 0 Å². The molecule has 6 nitrogen and oxygen atoms in total. The molecule has 0 spiro atoms. The number of para-hydroxylation sites is 1. The summed E-state index contributed by atoms with van der Waals surface area (Å²) < 4.78 is 39.8. The van der Waals surface area contributed by atoms with Crippen LogP contribution in [0.4, 0.5) is 10.1 Å². The molecule has 0 bridgehead atoms. The second kappa shape index (κ2) is 5.17. The van der Waals surface area contributed by atoms with Crippen LogP contribution in [0.1, 0.15) is 20.7 Å². The van der Waals surface area contributed by atoms with E-state index in [0.29, 0.717) is 0 Å². The zero-order chi connectivity index (χ0) is 16.8. The van der Waals surface area contributed by atoms with Gasteiger partial charge in [0.05, 0.1) is 21.7 Å². The van der Waals surface area contributed by atoms with Crippen LogP contribution in [0.3, 0.4) is 0 Å². The molecule has 2 aromatic rings. The molecular weight excluding hydrogens is 323 g/mol. The van der Waals surface area contributed by atoms with E-state index in [1.54, 1.807) is 0 Å². The Labute approximate surface area is 131 Å². The first kappa shape index (κ1) is 15.2. The van der Waals surface area contributed by atoms with Crippen molar-refractivity contribution in [2.24, 2.45) is 0 Å². The van der Waals surface area contributed by atoms with Gasteiger partial charge in [0.1, 0.15) is 5.82 Å². The SMILES string of the molecule is CN(c1ccccc1F)S(=O)(=O)c1ccc2c(c1)C(=O)NC2=O. The molecule has 0 aliphatic carbocycles.